The summed E-state index contributed by atoms with van der Waals surface area (Å²) in [5, 5.41) is 12.3. The van der Waals surface area contributed by atoms with E-state index >= 15 is 0 Å². The second-order valence-electron chi connectivity index (χ2n) is 4.56. The van der Waals surface area contributed by atoms with Crippen molar-refractivity contribution in [1.29, 1.82) is 0 Å². The number of ether oxygens (including phenoxy) is 1. The van der Waals surface area contributed by atoms with Crippen LogP contribution in [0.1, 0.15) is 42.5 Å². The number of hydrogen-bond acceptors (Lipinski definition) is 5. The molecule has 1 heterocycles. The molecule has 0 bridgehead atoms. The molecule has 0 aliphatic heterocycles. The highest BCUT2D eigenvalue weighted by Gasteiger charge is 2.11. The fourth-order valence-corrected chi connectivity index (χ4v) is 2.02. The molecule has 1 atom stereocenters. The molecule has 0 saturated heterocycles. The van der Waals surface area contributed by atoms with Crippen LogP contribution in [0.5, 0.6) is 0 Å². The molecule has 0 aliphatic rings. The third-order valence-electron chi connectivity index (χ3n) is 3.01. The zero-order valence-electron chi connectivity index (χ0n) is 11.6. The van der Waals surface area contributed by atoms with Gasteiger partial charge in [-0.3, -0.25) is 0 Å². The van der Waals surface area contributed by atoms with Gasteiger partial charge in [-0.15, -0.1) is 0 Å². The van der Waals surface area contributed by atoms with Crippen LogP contribution in [0.25, 0.3) is 0 Å². The lowest BCUT2D eigenvalue weighted by molar-refractivity contribution is 0.0563. The van der Waals surface area contributed by atoms with Gasteiger partial charge in [0.15, 0.2) is 0 Å². The minimum Gasteiger partial charge on any atom is -0.463 e. The van der Waals surface area contributed by atoms with Crippen LogP contribution in [0.15, 0.2) is 16.5 Å². The molecule has 0 saturated carbocycles. The molecule has 0 aromatic carbocycles. The molecule has 0 amide bonds. The summed E-state index contributed by atoms with van der Waals surface area (Å²) in [4.78, 5) is 11.2. The first-order chi connectivity index (χ1) is 9.21. The molecule has 19 heavy (non-hydrogen) atoms. The average molecular weight is 269 g/mol. The maximum atomic E-state index is 11.2. The predicted octanol–water partition coefficient (Wildman–Crippen LogP) is 1.95. The standard InChI is InChI=1S/C14H23NO4/c1-3-4-11(7-8-16)9-15-10-12-5-6-13(19-12)14(17)18-2/h5-6,11,15-16H,3-4,7-10H2,1-2H3. The monoisotopic (exact) mass is 269 g/mol. The molecule has 0 aliphatic carbocycles. The number of aliphatic hydroxyl groups excluding tert-OH is 1. The topological polar surface area (TPSA) is 71.7 Å². The van der Waals surface area contributed by atoms with Crippen LogP contribution >= 0.6 is 0 Å². The van der Waals surface area contributed by atoms with Gasteiger partial charge < -0.3 is 19.6 Å². The Hall–Kier alpha value is -1.33. The molecule has 5 nitrogen and oxygen atoms in total. The lowest BCUT2D eigenvalue weighted by Crippen LogP contribution is -2.23. The fraction of sp³-hybridized carbons (Fsp3) is 0.643. The lowest BCUT2D eigenvalue weighted by Gasteiger charge is -2.14. The van der Waals surface area contributed by atoms with Gasteiger partial charge in [-0.05, 0) is 37.4 Å². The maximum absolute atomic E-state index is 11.2. The molecule has 1 rings (SSSR count). The van der Waals surface area contributed by atoms with Crippen molar-refractivity contribution in [3.8, 4) is 0 Å². The van der Waals surface area contributed by atoms with E-state index in [1.165, 1.54) is 7.11 Å². The molecule has 1 aromatic heterocycles. The number of aliphatic hydroxyl groups is 1. The Labute approximate surface area is 113 Å². The fourth-order valence-electron chi connectivity index (χ4n) is 2.02. The van der Waals surface area contributed by atoms with E-state index in [2.05, 4.69) is 17.0 Å². The largest absolute Gasteiger partial charge is 0.463 e. The second kappa shape index (κ2) is 8.72. The molecule has 108 valence electrons. The second-order valence-corrected chi connectivity index (χ2v) is 4.56. The minimum atomic E-state index is -0.463. The van der Waals surface area contributed by atoms with Crippen LogP contribution in [-0.2, 0) is 11.3 Å². The first kappa shape index (κ1) is 15.7. The predicted molar refractivity (Wildman–Crippen MR) is 71.9 cm³/mol. The molecule has 1 unspecified atom stereocenters. The zero-order valence-corrected chi connectivity index (χ0v) is 11.6. The van der Waals surface area contributed by atoms with E-state index in [0.29, 0.717) is 18.2 Å². The highest BCUT2D eigenvalue weighted by molar-refractivity contribution is 5.86. The van der Waals surface area contributed by atoms with Crippen molar-refractivity contribution in [3.05, 3.63) is 23.7 Å². The van der Waals surface area contributed by atoms with E-state index in [1.54, 1.807) is 12.1 Å². The minimum absolute atomic E-state index is 0.222. The molecular weight excluding hydrogens is 246 g/mol. The molecule has 0 radical (unpaired) electrons. The molecule has 0 spiro atoms. The van der Waals surface area contributed by atoms with Crippen LogP contribution in [-0.4, -0.2) is 31.3 Å². The first-order valence-electron chi connectivity index (χ1n) is 6.69. The van der Waals surface area contributed by atoms with Gasteiger partial charge in [0.2, 0.25) is 5.76 Å². The Morgan fingerprint density at radius 1 is 1.47 bits per heavy atom. The maximum Gasteiger partial charge on any atom is 0.373 e. The van der Waals surface area contributed by atoms with Crippen LogP contribution in [0, 0.1) is 5.92 Å². The zero-order chi connectivity index (χ0) is 14.1. The smallest absolute Gasteiger partial charge is 0.373 e. The summed E-state index contributed by atoms with van der Waals surface area (Å²) < 4.78 is 9.93. The van der Waals surface area contributed by atoms with E-state index < -0.39 is 5.97 Å². The van der Waals surface area contributed by atoms with Crippen molar-refractivity contribution < 1.29 is 19.1 Å². The number of furan rings is 1. The number of carbonyl (C=O) groups excluding carboxylic acids is 1. The van der Waals surface area contributed by atoms with Crippen molar-refractivity contribution in [2.45, 2.75) is 32.7 Å². The highest BCUT2D eigenvalue weighted by Crippen LogP contribution is 2.11. The molecule has 0 fully saturated rings. The Kier molecular flexibility index (Phi) is 7.22. The molecule has 2 N–H and O–H groups in total. The molecular formula is C14H23NO4. The SMILES string of the molecule is CCCC(CCO)CNCc1ccc(C(=O)OC)o1. The van der Waals surface area contributed by atoms with Crippen molar-refractivity contribution in [3.63, 3.8) is 0 Å². The summed E-state index contributed by atoms with van der Waals surface area (Å²) in [5.41, 5.74) is 0. The number of carbonyl (C=O) groups is 1. The summed E-state index contributed by atoms with van der Waals surface area (Å²) in [6, 6.07) is 3.38. The van der Waals surface area contributed by atoms with E-state index in [0.717, 1.165) is 25.8 Å². The summed E-state index contributed by atoms with van der Waals surface area (Å²) in [6.07, 6.45) is 3.02. The number of hydrogen-bond donors (Lipinski definition) is 2. The van der Waals surface area contributed by atoms with Crippen LogP contribution in [0.3, 0.4) is 0 Å². The number of esters is 1. The van der Waals surface area contributed by atoms with E-state index in [1.807, 2.05) is 0 Å². The Balaban J connectivity index is 2.35. The van der Waals surface area contributed by atoms with E-state index in [9.17, 15) is 4.79 Å². The summed E-state index contributed by atoms with van der Waals surface area (Å²) in [5.74, 6) is 0.944. The number of rotatable bonds is 9. The first-order valence-corrected chi connectivity index (χ1v) is 6.69. The van der Waals surface area contributed by atoms with Gasteiger partial charge >= 0.3 is 5.97 Å². The van der Waals surface area contributed by atoms with E-state index in [-0.39, 0.29) is 12.4 Å². The normalized spacial score (nSPS) is 12.4. The van der Waals surface area contributed by atoms with Crippen LogP contribution < -0.4 is 5.32 Å². The average Bonchev–Trinajstić information content (AvgIpc) is 2.87. The quantitative estimate of drug-likeness (QED) is 0.670. The summed E-state index contributed by atoms with van der Waals surface area (Å²) in [7, 11) is 1.33. The Morgan fingerprint density at radius 3 is 2.89 bits per heavy atom. The summed E-state index contributed by atoms with van der Waals surface area (Å²) in [6.45, 7) is 3.77. The highest BCUT2D eigenvalue weighted by atomic mass is 16.5. The van der Waals surface area contributed by atoms with Crippen molar-refractivity contribution in [1.82, 2.24) is 5.32 Å². The van der Waals surface area contributed by atoms with Gasteiger partial charge in [0, 0.05) is 6.61 Å². The number of nitrogens with one attached hydrogen (secondary N) is 1. The van der Waals surface area contributed by atoms with Crippen molar-refractivity contribution in [2.24, 2.45) is 5.92 Å². The lowest BCUT2D eigenvalue weighted by atomic mass is 10.0. The third kappa shape index (κ3) is 5.44. The van der Waals surface area contributed by atoms with Gasteiger partial charge in [-0.1, -0.05) is 13.3 Å². The van der Waals surface area contributed by atoms with Gasteiger partial charge in [0.25, 0.3) is 0 Å². The van der Waals surface area contributed by atoms with E-state index in [4.69, 9.17) is 9.52 Å². The third-order valence-corrected chi connectivity index (χ3v) is 3.01. The molecule has 1 aromatic rings. The summed E-state index contributed by atoms with van der Waals surface area (Å²) >= 11 is 0. The van der Waals surface area contributed by atoms with Crippen LogP contribution in [0.4, 0.5) is 0 Å². The van der Waals surface area contributed by atoms with Gasteiger partial charge in [-0.2, -0.15) is 0 Å². The number of methoxy groups -OCH3 is 1. The van der Waals surface area contributed by atoms with Crippen molar-refractivity contribution in [2.75, 3.05) is 20.3 Å². The van der Waals surface area contributed by atoms with Crippen molar-refractivity contribution >= 4 is 5.97 Å². The van der Waals surface area contributed by atoms with Crippen LogP contribution in [0.2, 0.25) is 0 Å². The van der Waals surface area contributed by atoms with Gasteiger partial charge in [0.1, 0.15) is 5.76 Å². The Morgan fingerprint density at radius 2 is 2.26 bits per heavy atom. The van der Waals surface area contributed by atoms with Gasteiger partial charge in [0.05, 0.1) is 13.7 Å². The van der Waals surface area contributed by atoms with Gasteiger partial charge in [-0.25, -0.2) is 4.79 Å². The Bertz CT molecular complexity index is 369. The molecule has 5 heteroatoms.